The Morgan fingerprint density at radius 2 is 2.09 bits per heavy atom. The average molecular weight is 312 g/mol. The predicted molar refractivity (Wildman–Crippen MR) is 85.3 cm³/mol. The Balaban J connectivity index is 2.34. The number of benzene rings is 1. The molecule has 0 fully saturated rings. The zero-order valence-corrected chi connectivity index (χ0v) is 12.1. The molecule has 0 saturated heterocycles. The van der Waals surface area contributed by atoms with Gasteiger partial charge in [-0.15, -0.1) is 6.42 Å². The van der Waals surface area contributed by atoms with E-state index in [4.69, 9.17) is 18.0 Å². The Hall–Kier alpha value is -2.91. The lowest BCUT2D eigenvalue weighted by Crippen LogP contribution is -2.24. The van der Waals surface area contributed by atoms with E-state index >= 15 is 0 Å². The molecular formula is C15H10ClN5O. The summed E-state index contributed by atoms with van der Waals surface area (Å²) >= 11 is 6.07. The molecule has 6 nitrogen and oxygen atoms in total. The van der Waals surface area contributed by atoms with Crippen molar-refractivity contribution in [3.63, 3.8) is 0 Å². The summed E-state index contributed by atoms with van der Waals surface area (Å²) < 4.78 is 1.41. The van der Waals surface area contributed by atoms with E-state index in [0.29, 0.717) is 22.0 Å². The summed E-state index contributed by atoms with van der Waals surface area (Å²) in [5.41, 5.74) is 0.640. The summed E-state index contributed by atoms with van der Waals surface area (Å²) in [6.45, 7) is 0.266. The molecule has 0 radical (unpaired) electrons. The van der Waals surface area contributed by atoms with E-state index in [1.807, 2.05) is 0 Å². The second kappa shape index (κ2) is 5.84. The minimum absolute atomic E-state index is 0.266. The minimum atomic E-state index is -0.468. The second-order valence-corrected chi connectivity index (χ2v) is 4.83. The molecule has 22 heavy (non-hydrogen) atoms. The summed E-state index contributed by atoms with van der Waals surface area (Å²) in [6.07, 6.45) is 9.70. The number of halogens is 1. The first kappa shape index (κ1) is 14.0. The zero-order valence-electron chi connectivity index (χ0n) is 11.3. The maximum atomic E-state index is 12.4. The number of anilines is 1. The van der Waals surface area contributed by atoms with Crippen LogP contribution in [0.4, 0.5) is 5.82 Å². The number of nitrogens with zero attached hydrogens (tertiary/aromatic N) is 4. The summed E-state index contributed by atoms with van der Waals surface area (Å²) in [6, 6.07) is 5.19. The molecule has 1 N–H and O–H groups in total. The molecule has 1 aromatic carbocycles. The van der Waals surface area contributed by atoms with Crippen molar-refractivity contribution >= 4 is 28.3 Å². The van der Waals surface area contributed by atoms with E-state index in [2.05, 4.69) is 26.2 Å². The smallest absolute Gasteiger partial charge is 0.354 e. The van der Waals surface area contributed by atoms with E-state index in [0.717, 1.165) is 5.39 Å². The summed E-state index contributed by atoms with van der Waals surface area (Å²) in [4.78, 5) is 24.3. The molecule has 0 atom stereocenters. The van der Waals surface area contributed by atoms with Crippen molar-refractivity contribution in [3.8, 4) is 18.0 Å². The van der Waals surface area contributed by atoms with Crippen molar-refractivity contribution in [2.75, 3.05) is 11.9 Å². The molecule has 2 aromatic heterocycles. The largest absolute Gasteiger partial charge is 0.358 e. The maximum Gasteiger partial charge on any atom is 0.354 e. The Bertz CT molecular complexity index is 930. The highest BCUT2D eigenvalue weighted by molar-refractivity contribution is 6.31. The number of hydrogen-bond acceptors (Lipinski definition) is 5. The second-order valence-electron chi connectivity index (χ2n) is 4.39. The number of terminal acetylenes is 1. The van der Waals surface area contributed by atoms with Gasteiger partial charge >= 0.3 is 5.69 Å². The molecule has 0 aliphatic heterocycles. The highest BCUT2D eigenvalue weighted by Gasteiger charge is 2.12. The quantitative estimate of drug-likeness (QED) is 0.748. The molecule has 0 unspecified atom stereocenters. The van der Waals surface area contributed by atoms with Crippen molar-refractivity contribution in [2.24, 2.45) is 0 Å². The third kappa shape index (κ3) is 2.50. The Morgan fingerprint density at radius 3 is 2.82 bits per heavy atom. The van der Waals surface area contributed by atoms with Crippen LogP contribution in [-0.4, -0.2) is 26.1 Å². The fourth-order valence-electron chi connectivity index (χ4n) is 2.12. The lowest BCUT2D eigenvalue weighted by molar-refractivity contribution is 0.937. The average Bonchev–Trinajstić information content (AvgIpc) is 2.53. The third-order valence-corrected chi connectivity index (χ3v) is 3.25. The monoisotopic (exact) mass is 311 g/mol. The van der Waals surface area contributed by atoms with Gasteiger partial charge in [0.1, 0.15) is 12.1 Å². The van der Waals surface area contributed by atoms with Crippen LogP contribution in [0.2, 0.25) is 5.02 Å². The van der Waals surface area contributed by atoms with Gasteiger partial charge in [-0.25, -0.2) is 14.8 Å². The number of nitrogens with one attached hydrogen (secondary N) is 1. The first-order valence-electron chi connectivity index (χ1n) is 6.36. The molecule has 3 rings (SSSR count). The van der Waals surface area contributed by atoms with Gasteiger partial charge in [-0.1, -0.05) is 17.5 Å². The van der Waals surface area contributed by atoms with E-state index in [1.165, 1.54) is 23.3 Å². The lowest BCUT2D eigenvalue weighted by Gasteiger charge is -2.12. The van der Waals surface area contributed by atoms with Crippen molar-refractivity contribution in [2.45, 2.75) is 0 Å². The first-order chi connectivity index (χ1) is 10.7. The van der Waals surface area contributed by atoms with Crippen molar-refractivity contribution in [1.82, 2.24) is 19.5 Å². The van der Waals surface area contributed by atoms with Crippen LogP contribution in [0, 0.1) is 12.3 Å². The summed E-state index contributed by atoms with van der Waals surface area (Å²) in [7, 11) is 0. The molecule has 0 spiro atoms. The number of aromatic nitrogens is 4. The Labute approximate surface area is 130 Å². The predicted octanol–water partition coefficient (Wildman–Crippen LogP) is 1.87. The molecule has 0 amide bonds. The van der Waals surface area contributed by atoms with Crippen LogP contribution in [0.3, 0.4) is 0 Å². The van der Waals surface area contributed by atoms with Gasteiger partial charge in [-0.2, -0.15) is 4.98 Å². The highest BCUT2D eigenvalue weighted by Crippen LogP contribution is 2.24. The van der Waals surface area contributed by atoms with Gasteiger partial charge < -0.3 is 5.32 Å². The Morgan fingerprint density at radius 1 is 1.32 bits per heavy atom. The molecule has 0 aliphatic rings. The molecule has 108 valence electrons. The standard InChI is InChI=1S/C15H10ClN5O/c1-2-5-19-14-12-4-3-10(16)6-13(12)21(15(22)20-14)11-7-17-9-18-8-11/h1,3-4,6-9H,5H2,(H,19,20,22). The van der Waals surface area contributed by atoms with E-state index < -0.39 is 5.69 Å². The molecule has 0 bridgehead atoms. The van der Waals surface area contributed by atoms with Crippen LogP contribution in [-0.2, 0) is 0 Å². The van der Waals surface area contributed by atoms with Crippen LogP contribution >= 0.6 is 11.6 Å². The molecular weight excluding hydrogens is 302 g/mol. The molecule has 0 saturated carbocycles. The fraction of sp³-hybridized carbons (Fsp3) is 0.0667. The molecule has 3 aromatic rings. The van der Waals surface area contributed by atoms with Crippen molar-refractivity contribution in [3.05, 3.63) is 52.4 Å². The highest BCUT2D eigenvalue weighted by atomic mass is 35.5. The first-order valence-corrected chi connectivity index (χ1v) is 6.73. The number of fused-ring (bicyclic) bond motifs is 1. The number of hydrogen-bond donors (Lipinski definition) is 1. The van der Waals surface area contributed by atoms with Gasteiger partial charge in [0.2, 0.25) is 0 Å². The normalized spacial score (nSPS) is 10.4. The van der Waals surface area contributed by atoms with Crippen LogP contribution in [0.1, 0.15) is 0 Å². The molecule has 2 heterocycles. The van der Waals surface area contributed by atoms with Crippen LogP contribution < -0.4 is 11.0 Å². The van der Waals surface area contributed by atoms with Gasteiger partial charge in [-0.3, -0.25) is 4.57 Å². The molecule has 0 aliphatic carbocycles. The number of rotatable bonds is 3. The van der Waals surface area contributed by atoms with Gasteiger partial charge in [0.15, 0.2) is 0 Å². The van der Waals surface area contributed by atoms with E-state index in [-0.39, 0.29) is 6.54 Å². The maximum absolute atomic E-state index is 12.4. The van der Waals surface area contributed by atoms with Crippen LogP contribution in [0.15, 0.2) is 41.7 Å². The minimum Gasteiger partial charge on any atom is -0.358 e. The Kier molecular flexibility index (Phi) is 3.73. The SMILES string of the molecule is C#CCNc1nc(=O)n(-c2cncnc2)c2cc(Cl)ccc12. The van der Waals surface area contributed by atoms with Gasteiger partial charge in [0.05, 0.1) is 30.1 Å². The molecule has 7 heteroatoms. The van der Waals surface area contributed by atoms with E-state index in [1.54, 1.807) is 18.2 Å². The van der Waals surface area contributed by atoms with Gasteiger partial charge in [0.25, 0.3) is 0 Å². The summed E-state index contributed by atoms with van der Waals surface area (Å²) in [5.74, 6) is 2.87. The van der Waals surface area contributed by atoms with Crippen molar-refractivity contribution in [1.29, 1.82) is 0 Å². The lowest BCUT2D eigenvalue weighted by atomic mass is 10.2. The van der Waals surface area contributed by atoms with Crippen LogP contribution in [0.25, 0.3) is 16.6 Å². The zero-order chi connectivity index (χ0) is 15.5. The third-order valence-electron chi connectivity index (χ3n) is 3.02. The fourth-order valence-corrected chi connectivity index (χ4v) is 2.29. The van der Waals surface area contributed by atoms with Gasteiger partial charge in [0, 0.05) is 10.4 Å². The van der Waals surface area contributed by atoms with Crippen molar-refractivity contribution < 1.29 is 0 Å². The van der Waals surface area contributed by atoms with Gasteiger partial charge in [-0.05, 0) is 18.2 Å². The van der Waals surface area contributed by atoms with Crippen LogP contribution in [0.5, 0.6) is 0 Å². The topological polar surface area (TPSA) is 72.7 Å². The van der Waals surface area contributed by atoms with E-state index in [9.17, 15) is 4.79 Å². The summed E-state index contributed by atoms with van der Waals surface area (Å²) in [5, 5.41) is 4.17.